The van der Waals surface area contributed by atoms with Crippen molar-refractivity contribution in [3.63, 3.8) is 0 Å². The van der Waals surface area contributed by atoms with E-state index in [4.69, 9.17) is 4.74 Å². The van der Waals surface area contributed by atoms with E-state index in [1.807, 2.05) is 0 Å². The van der Waals surface area contributed by atoms with Crippen LogP contribution in [0.3, 0.4) is 0 Å². The summed E-state index contributed by atoms with van der Waals surface area (Å²) in [4.78, 5) is 25.3. The highest BCUT2D eigenvalue weighted by Gasteiger charge is 2.32. The zero-order valence-electron chi connectivity index (χ0n) is 11.5. The molecule has 0 bridgehead atoms. The van der Waals surface area contributed by atoms with Crippen LogP contribution in [-0.4, -0.2) is 58.1 Å². The van der Waals surface area contributed by atoms with Crippen molar-refractivity contribution in [2.45, 2.75) is 31.8 Å². The second-order valence-electron chi connectivity index (χ2n) is 4.63. The van der Waals surface area contributed by atoms with E-state index in [0.29, 0.717) is 26.1 Å². The Bertz CT molecular complexity index is 448. The molecule has 20 heavy (non-hydrogen) atoms. The van der Waals surface area contributed by atoms with E-state index in [9.17, 15) is 9.59 Å². The van der Waals surface area contributed by atoms with Crippen LogP contribution in [0, 0.1) is 0 Å². The first kappa shape index (κ1) is 14.3. The van der Waals surface area contributed by atoms with E-state index in [1.54, 1.807) is 17.1 Å². The van der Waals surface area contributed by atoms with E-state index >= 15 is 0 Å². The Morgan fingerprint density at radius 1 is 1.45 bits per heavy atom. The number of hydrogen-bond acceptors (Lipinski definition) is 5. The second kappa shape index (κ2) is 6.88. The summed E-state index contributed by atoms with van der Waals surface area (Å²) in [5.74, 6) is -0.143. The molecule has 8 nitrogen and oxygen atoms in total. The molecule has 1 aliphatic rings. The van der Waals surface area contributed by atoms with Crippen LogP contribution in [0.2, 0.25) is 0 Å². The summed E-state index contributed by atoms with van der Waals surface area (Å²) in [6, 6.07) is -0.438. The Kier molecular flexibility index (Phi) is 4.91. The lowest BCUT2D eigenvalue weighted by molar-refractivity contribution is -0.127. The maximum atomic E-state index is 12.2. The third-order valence-electron chi connectivity index (χ3n) is 3.33. The predicted octanol–water partition coefficient (Wildman–Crippen LogP) is 0.0152. The number of rotatable bonds is 4. The highest BCUT2D eigenvalue weighted by atomic mass is 16.5. The Hall–Kier alpha value is -2.12. The molecule has 8 heteroatoms. The summed E-state index contributed by atoms with van der Waals surface area (Å²) in [5.41, 5.74) is 0. The number of methoxy groups -OCH3 is 1. The molecule has 0 spiro atoms. The quantitative estimate of drug-likeness (QED) is 0.840. The lowest BCUT2D eigenvalue weighted by Gasteiger charge is -2.33. The Labute approximate surface area is 117 Å². The van der Waals surface area contributed by atoms with Crippen molar-refractivity contribution in [3.05, 3.63) is 12.4 Å². The fourth-order valence-corrected chi connectivity index (χ4v) is 2.30. The van der Waals surface area contributed by atoms with Crippen LogP contribution >= 0.6 is 0 Å². The van der Waals surface area contributed by atoms with Crippen molar-refractivity contribution >= 4 is 12.0 Å². The molecule has 2 heterocycles. The molecule has 1 saturated heterocycles. The molecule has 2 rings (SSSR count). The summed E-state index contributed by atoms with van der Waals surface area (Å²) in [5, 5.41) is 10.3. The van der Waals surface area contributed by atoms with Gasteiger partial charge in [0.1, 0.15) is 6.04 Å². The van der Waals surface area contributed by atoms with Crippen molar-refractivity contribution in [2.24, 2.45) is 0 Å². The fraction of sp³-hybridized carbons (Fsp3) is 0.667. The Balaban J connectivity index is 1.84. The predicted molar refractivity (Wildman–Crippen MR) is 69.8 cm³/mol. The Morgan fingerprint density at radius 2 is 2.30 bits per heavy atom. The molecule has 0 aromatic carbocycles. The molecule has 110 valence electrons. The number of nitrogens with one attached hydrogen (secondary N) is 1. The van der Waals surface area contributed by atoms with E-state index in [2.05, 4.69) is 15.6 Å². The molecule has 1 aromatic heterocycles. The van der Waals surface area contributed by atoms with E-state index in [0.717, 1.165) is 12.8 Å². The van der Waals surface area contributed by atoms with Gasteiger partial charge in [0, 0.05) is 19.3 Å². The third-order valence-corrected chi connectivity index (χ3v) is 3.33. The molecule has 0 saturated carbocycles. The molecule has 0 radical (unpaired) electrons. The number of piperidine rings is 1. The normalized spacial score (nSPS) is 18.6. The summed E-state index contributed by atoms with van der Waals surface area (Å²) in [6.45, 7) is 1.57. The van der Waals surface area contributed by atoms with Gasteiger partial charge in [-0.2, -0.15) is 0 Å². The third kappa shape index (κ3) is 3.46. The SMILES string of the molecule is COC(=O)N1CCCCC1C(=O)NCCn1ccnn1. The highest BCUT2D eigenvalue weighted by molar-refractivity contribution is 5.85. The van der Waals surface area contributed by atoms with E-state index in [1.165, 1.54) is 12.0 Å². The highest BCUT2D eigenvalue weighted by Crippen LogP contribution is 2.17. The number of amides is 2. The first-order valence-electron chi connectivity index (χ1n) is 6.69. The van der Waals surface area contributed by atoms with Crippen LogP contribution in [0.5, 0.6) is 0 Å². The molecule has 1 N–H and O–H groups in total. The molecular formula is C12H19N5O3. The molecule has 1 aromatic rings. The largest absolute Gasteiger partial charge is 0.453 e. The minimum atomic E-state index is -0.443. The zero-order valence-corrected chi connectivity index (χ0v) is 11.5. The number of nitrogens with zero attached hydrogens (tertiary/aromatic N) is 4. The van der Waals surface area contributed by atoms with Gasteiger partial charge in [-0.15, -0.1) is 5.10 Å². The van der Waals surface area contributed by atoms with Crippen LogP contribution in [-0.2, 0) is 16.1 Å². The maximum Gasteiger partial charge on any atom is 0.410 e. The summed E-state index contributed by atoms with van der Waals surface area (Å²) in [6.07, 6.45) is 5.38. The molecule has 1 atom stereocenters. The van der Waals surface area contributed by atoms with Gasteiger partial charge in [-0.3, -0.25) is 14.4 Å². The average molecular weight is 281 g/mol. The van der Waals surface area contributed by atoms with Gasteiger partial charge in [-0.25, -0.2) is 4.79 Å². The summed E-state index contributed by atoms with van der Waals surface area (Å²) in [7, 11) is 1.33. The van der Waals surface area contributed by atoms with Gasteiger partial charge in [-0.1, -0.05) is 5.21 Å². The number of hydrogen-bond donors (Lipinski definition) is 1. The monoisotopic (exact) mass is 281 g/mol. The summed E-state index contributed by atoms with van der Waals surface area (Å²) < 4.78 is 6.36. The maximum absolute atomic E-state index is 12.2. The van der Waals surface area contributed by atoms with Crippen LogP contribution in [0.4, 0.5) is 4.79 Å². The van der Waals surface area contributed by atoms with Crippen LogP contribution in [0.1, 0.15) is 19.3 Å². The number of carbonyl (C=O) groups is 2. The minimum absolute atomic E-state index is 0.143. The number of carbonyl (C=O) groups excluding carboxylic acids is 2. The van der Waals surface area contributed by atoms with Crippen molar-refractivity contribution in [3.8, 4) is 0 Å². The van der Waals surface area contributed by atoms with Gasteiger partial charge >= 0.3 is 6.09 Å². The van der Waals surface area contributed by atoms with Crippen molar-refractivity contribution < 1.29 is 14.3 Å². The van der Waals surface area contributed by atoms with Crippen molar-refractivity contribution in [1.82, 2.24) is 25.2 Å². The van der Waals surface area contributed by atoms with Gasteiger partial charge in [0.15, 0.2) is 0 Å². The minimum Gasteiger partial charge on any atom is -0.453 e. The first-order chi connectivity index (χ1) is 9.72. The van der Waals surface area contributed by atoms with E-state index in [-0.39, 0.29) is 5.91 Å². The number of ether oxygens (including phenoxy) is 1. The first-order valence-corrected chi connectivity index (χ1v) is 6.69. The fourth-order valence-electron chi connectivity index (χ4n) is 2.30. The van der Waals surface area contributed by atoms with Gasteiger partial charge in [-0.05, 0) is 19.3 Å². The summed E-state index contributed by atoms with van der Waals surface area (Å²) >= 11 is 0. The smallest absolute Gasteiger partial charge is 0.410 e. The van der Waals surface area contributed by atoms with E-state index < -0.39 is 12.1 Å². The van der Waals surface area contributed by atoms with Crippen molar-refractivity contribution in [1.29, 1.82) is 0 Å². The molecule has 0 aliphatic carbocycles. The van der Waals surface area contributed by atoms with Gasteiger partial charge in [0.05, 0.1) is 19.9 Å². The van der Waals surface area contributed by atoms with Gasteiger partial charge in [0.25, 0.3) is 0 Å². The number of likely N-dealkylation sites (tertiary alicyclic amines) is 1. The van der Waals surface area contributed by atoms with Crippen LogP contribution in [0.15, 0.2) is 12.4 Å². The lowest BCUT2D eigenvalue weighted by Crippen LogP contribution is -2.52. The van der Waals surface area contributed by atoms with Crippen molar-refractivity contribution in [2.75, 3.05) is 20.2 Å². The van der Waals surface area contributed by atoms with Crippen LogP contribution in [0.25, 0.3) is 0 Å². The van der Waals surface area contributed by atoms with Gasteiger partial charge < -0.3 is 10.1 Å². The Morgan fingerprint density at radius 3 is 3.00 bits per heavy atom. The molecule has 2 amide bonds. The molecular weight excluding hydrogens is 262 g/mol. The van der Waals surface area contributed by atoms with Crippen LogP contribution < -0.4 is 5.32 Å². The molecule has 1 fully saturated rings. The average Bonchev–Trinajstić information content (AvgIpc) is 2.99. The number of aromatic nitrogens is 3. The topological polar surface area (TPSA) is 89.4 Å². The molecule has 1 aliphatic heterocycles. The lowest BCUT2D eigenvalue weighted by atomic mass is 10.0. The zero-order chi connectivity index (χ0) is 14.4. The van der Waals surface area contributed by atoms with Gasteiger partial charge in [0.2, 0.25) is 5.91 Å². The standard InChI is InChI=1S/C12H19N5O3/c1-20-12(19)17-7-3-2-4-10(17)11(18)13-5-8-16-9-6-14-15-16/h6,9-10H,2-5,7-8H2,1H3,(H,13,18). The molecule has 1 unspecified atom stereocenters. The second-order valence-corrected chi connectivity index (χ2v) is 4.63.